The highest BCUT2D eigenvalue weighted by molar-refractivity contribution is 6.06. The van der Waals surface area contributed by atoms with Crippen molar-refractivity contribution in [2.24, 2.45) is 0 Å². The van der Waals surface area contributed by atoms with E-state index in [0.717, 1.165) is 5.56 Å². The number of rotatable bonds is 7. The average molecular weight is 504 g/mol. The van der Waals surface area contributed by atoms with Crippen LogP contribution in [-0.4, -0.2) is 59.3 Å². The summed E-state index contributed by atoms with van der Waals surface area (Å²) in [6, 6.07) is 3.41. The number of nitrogens with two attached hydrogens (primary N) is 1. The summed E-state index contributed by atoms with van der Waals surface area (Å²) < 4.78 is 46.6. The molecule has 4 rings (SSSR count). The minimum absolute atomic E-state index is 0.0663. The first-order valence-electron chi connectivity index (χ1n) is 10.7. The van der Waals surface area contributed by atoms with Crippen molar-refractivity contribution in [1.82, 2.24) is 29.4 Å². The number of anilines is 2. The first kappa shape index (κ1) is 24.9. The van der Waals surface area contributed by atoms with Crippen molar-refractivity contribution in [3.05, 3.63) is 48.2 Å². The van der Waals surface area contributed by atoms with Crippen LogP contribution in [0.2, 0.25) is 0 Å². The van der Waals surface area contributed by atoms with Crippen LogP contribution >= 0.6 is 0 Å². The van der Waals surface area contributed by atoms with Gasteiger partial charge in [0.2, 0.25) is 5.88 Å². The van der Waals surface area contributed by atoms with Crippen LogP contribution in [-0.2, 0) is 6.54 Å². The van der Waals surface area contributed by atoms with Gasteiger partial charge in [-0.1, -0.05) is 0 Å². The number of fused-ring (bicyclic) bond motifs is 1. The van der Waals surface area contributed by atoms with E-state index in [1.54, 1.807) is 10.6 Å². The molecule has 4 heterocycles. The molecule has 0 fully saturated rings. The van der Waals surface area contributed by atoms with E-state index in [0.29, 0.717) is 29.5 Å². The summed E-state index contributed by atoms with van der Waals surface area (Å²) >= 11 is 0. The maximum atomic E-state index is 13.0. The van der Waals surface area contributed by atoms with Crippen LogP contribution in [0.5, 0.6) is 5.88 Å². The van der Waals surface area contributed by atoms with Crippen molar-refractivity contribution in [3.63, 3.8) is 0 Å². The SMILES string of the molecule is COc1ncc(-c2cc(C)c3c(N)ncnn23)cc1C(=O)Nc1cnn(CCC(C)(O)C(F)(F)F)c1. The molecule has 190 valence electrons. The summed E-state index contributed by atoms with van der Waals surface area (Å²) in [4.78, 5) is 21.3. The third-order valence-corrected chi connectivity index (χ3v) is 5.69. The Morgan fingerprint density at radius 1 is 1.22 bits per heavy atom. The molecule has 0 aromatic carbocycles. The number of halogens is 3. The van der Waals surface area contributed by atoms with Crippen LogP contribution in [0.25, 0.3) is 16.8 Å². The number of ether oxygens (including phenoxy) is 1. The van der Waals surface area contributed by atoms with Crippen molar-refractivity contribution in [2.45, 2.75) is 38.6 Å². The van der Waals surface area contributed by atoms with Gasteiger partial charge in [0, 0.05) is 30.9 Å². The fourth-order valence-corrected chi connectivity index (χ4v) is 3.60. The quantitative estimate of drug-likeness (QED) is 0.348. The molecule has 1 atom stereocenters. The van der Waals surface area contributed by atoms with Gasteiger partial charge in [0.15, 0.2) is 11.4 Å². The van der Waals surface area contributed by atoms with Crippen LogP contribution < -0.4 is 15.8 Å². The molecule has 0 saturated heterocycles. The van der Waals surface area contributed by atoms with Gasteiger partial charge in [-0.15, -0.1) is 0 Å². The summed E-state index contributed by atoms with van der Waals surface area (Å²) in [7, 11) is 1.37. The number of hydrogen-bond acceptors (Lipinski definition) is 8. The molecule has 0 aliphatic carbocycles. The number of aromatic nitrogens is 6. The number of methoxy groups -OCH3 is 1. The number of carbonyl (C=O) groups excluding carboxylic acids is 1. The summed E-state index contributed by atoms with van der Waals surface area (Å²) in [5, 5.41) is 20.4. The molecule has 0 bridgehead atoms. The molecule has 0 aliphatic rings. The van der Waals surface area contributed by atoms with E-state index in [9.17, 15) is 23.1 Å². The highest BCUT2D eigenvalue weighted by Crippen LogP contribution is 2.33. The number of alkyl halides is 3. The van der Waals surface area contributed by atoms with Crippen molar-refractivity contribution < 1.29 is 27.8 Å². The predicted octanol–water partition coefficient (Wildman–Crippen LogP) is 2.84. The number of nitrogen functional groups attached to an aromatic ring is 1. The van der Waals surface area contributed by atoms with Crippen LogP contribution in [0.4, 0.5) is 24.7 Å². The maximum Gasteiger partial charge on any atom is 0.416 e. The van der Waals surface area contributed by atoms with Gasteiger partial charge in [-0.25, -0.2) is 14.5 Å². The van der Waals surface area contributed by atoms with E-state index < -0.39 is 24.1 Å². The number of nitrogens with zero attached hydrogens (tertiary/aromatic N) is 6. The van der Waals surface area contributed by atoms with Gasteiger partial charge in [0.1, 0.15) is 17.4 Å². The van der Waals surface area contributed by atoms with Gasteiger partial charge in [-0.05, 0) is 31.5 Å². The lowest BCUT2D eigenvalue weighted by molar-refractivity contribution is -0.255. The fourth-order valence-electron chi connectivity index (χ4n) is 3.60. The lowest BCUT2D eigenvalue weighted by Gasteiger charge is -2.25. The minimum Gasteiger partial charge on any atom is -0.480 e. The number of amides is 1. The molecule has 1 unspecified atom stereocenters. The van der Waals surface area contributed by atoms with E-state index in [2.05, 4.69) is 25.5 Å². The average Bonchev–Trinajstić information content (AvgIpc) is 3.41. The second-order valence-electron chi connectivity index (χ2n) is 8.37. The second-order valence-corrected chi connectivity index (χ2v) is 8.37. The maximum absolute atomic E-state index is 13.0. The summed E-state index contributed by atoms with van der Waals surface area (Å²) in [6.07, 6.45) is 0.115. The number of carbonyl (C=O) groups is 1. The number of pyridine rings is 1. The molecule has 1 amide bonds. The third-order valence-electron chi connectivity index (χ3n) is 5.69. The highest BCUT2D eigenvalue weighted by Gasteiger charge is 2.49. The molecule has 11 nitrogen and oxygen atoms in total. The minimum atomic E-state index is -4.77. The van der Waals surface area contributed by atoms with Crippen molar-refractivity contribution in [2.75, 3.05) is 18.2 Å². The van der Waals surface area contributed by atoms with Gasteiger partial charge >= 0.3 is 6.18 Å². The molecular formula is C22H23F3N8O3. The Bertz CT molecular complexity index is 1430. The zero-order valence-electron chi connectivity index (χ0n) is 19.5. The zero-order chi connectivity index (χ0) is 26.3. The number of nitrogens with one attached hydrogen (secondary N) is 1. The Balaban J connectivity index is 1.57. The van der Waals surface area contributed by atoms with Gasteiger partial charge in [0.05, 0.1) is 24.7 Å². The van der Waals surface area contributed by atoms with E-state index in [-0.39, 0.29) is 23.7 Å². The third kappa shape index (κ3) is 4.66. The lowest BCUT2D eigenvalue weighted by Crippen LogP contribution is -2.42. The smallest absolute Gasteiger partial charge is 0.416 e. The largest absolute Gasteiger partial charge is 0.480 e. The molecule has 36 heavy (non-hydrogen) atoms. The monoisotopic (exact) mass is 504 g/mol. The molecule has 14 heteroatoms. The Morgan fingerprint density at radius 3 is 2.67 bits per heavy atom. The predicted molar refractivity (Wildman–Crippen MR) is 123 cm³/mol. The summed E-state index contributed by atoms with van der Waals surface area (Å²) in [6.45, 7) is 2.34. The van der Waals surface area contributed by atoms with Crippen molar-refractivity contribution >= 4 is 22.9 Å². The highest BCUT2D eigenvalue weighted by atomic mass is 19.4. The first-order chi connectivity index (χ1) is 16.9. The molecule has 4 N–H and O–H groups in total. The molecule has 4 aromatic heterocycles. The van der Waals surface area contributed by atoms with Gasteiger partial charge in [-0.2, -0.15) is 23.4 Å². The fraction of sp³-hybridized carbons (Fsp3) is 0.318. The molecule has 0 spiro atoms. The number of hydrogen-bond donors (Lipinski definition) is 3. The molecule has 4 aromatic rings. The van der Waals surface area contributed by atoms with Crippen LogP contribution in [0.3, 0.4) is 0 Å². The van der Waals surface area contributed by atoms with Gasteiger partial charge in [-0.3, -0.25) is 9.48 Å². The molecule has 0 saturated carbocycles. The first-order valence-corrected chi connectivity index (χ1v) is 10.7. The lowest BCUT2D eigenvalue weighted by atomic mass is 10.0. The zero-order valence-corrected chi connectivity index (χ0v) is 19.5. The van der Waals surface area contributed by atoms with Crippen molar-refractivity contribution in [1.29, 1.82) is 0 Å². The van der Waals surface area contributed by atoms with Crippen molar-refractivity contribution in [3.8, 4) is 17.1 Å². The topological polar surface area (TPSA) is 145 Å². The second kappa shape index (κ2) is 9.11. The molecule has 0 radical (unpaired) electrons. The van der Waals surface area contributed by atoms with Crippen LogP contribution in [0.1, 0.15) is 29.3 Å². The van der Waals surface area contributed by atoms with E-state index in [1.165, 1.54) is 36.7 Å². The summed E-state index contributed by atoms with van der Waals surface area (Å²) in [5.74, 6) is -0.201. The normalized spacial score (nSPS) is 13.5. The van der Waals surface area contributed by atoms with Crippen LogP contribution in [0, 0.1) is 6.92 Å². The van der Waals surface area contributed by atoms with E-state index in [4.69, 9.17) is 10.5 Å². The van der Waals surface area contributed by atoms with Gasteiger partial charge < -0.3 is 20.9 Å². The summed E-state index contributed by atoms with van der Waals surface area (Å²) in [5.41, 5.74) is 6.12. The molecular weight excluding hydrogens is 481 g/mol. The Hall–Kier alpha value is -4.20. The van der Waals surface area contributed by atoms with Gasteiger partial charge in [0.25, 0.3) is 5.91 Å². The number of aliphatic hydroxyl groups is 1. The standard InChI is InChI=1S/C22H23F3N8O3/c1-12-6-16(33-17(12)18(26)28-11-30-33)13-7-15(20(36-3)27-8-13)19(34)31-14-9-29-32(10-14)5-4-21(2,35)22(23,24)25/h6-11,35H,4-5H2,1-3H3,(H,31,34)(H2,26,28,30). The molecule has 0 aliphatic heterocycles. The Kier molecular flexibility index (Phi) is 6.30. The van der Waals surface area contributed by atoms with E-state index in [1.807, 2.05) is 13.0 Å². The van der Waals surface area contributed by atoms with E-state index >= 15 is 0 Å². The Morgan fingerprint density at radius 2 is 1.97 bits per heavy atom. The van der Waals surface area contributed by atoms with Crippen LogP contribution in [0.15, 0.2) is 37.1 Å². The number of aryl methyl sites for hydroxylation is 2. The Labute approximate surface area is 202 Å².